The molecule has 0 saturated heterocycles. The van der Waals surface area contributed by atoms with E-state index in [1.807, 2.05) is 37.2 Å². The van der Waals surface area contributed by atoms with Crippen molar-refractivity contribution in [2.24, 2.45) is 0 Å². The fourth-order valence-electron chi connectivity index (χ4n) is 3.03. The summed E-state index contributed by atoms with van der Waals surface area (Å²) in [7, 11) is 3.40. The van der Waals surface area contributed by atoms with Crippen LogP contribution in [-0.4, -0.2) is 53.4 Å². The van der Waals surface area contributed by atoms with E-state index in [9.17, 15) is 13.2 Å². The van der Waals surface area contributed by atoms with Crippen LogP contribution in [0.1, 0.15) is 15.9 Å². The summed E-state index contributed by atoms with van der Waals surface area (Å²) in [6, 6.07) is 12.5. The van der Waals surface area contributed by atoms with Crippen molar-refractivity contribution in [3.05, 3.63) is 53.6 Å². The molecule has 0 N–H and O–H groups in total. The molecule has 1 amide bonds. The number of benzene rings is 2. The molecule has 26 heavy (non-hydrogen) atoms. The molecule has 0 saturated carbocycles. The summed E-state index contributed by atoms with van der Waals surface area (Å²) < 4.78 is 25.8. The molecule has 1 aliphatic rings. The van der Waals surface area contributed by atoms with E-state index in [1.165, 1.54) is 18.4 Å². The molecule has 0 unspecified atom stereocenters. The van der Waals surface area contributed by atoms with Crippen molar-refractivity contribution >= 4 is 27.3 Å². The number of sulfonamides is 1. The Morgan fingerprint density at radius 2 is 1.77 bits per heavy atom. The summed E-state index contributed by atoms with van der Waals surface area (Å²) in [5.41, 5.74) is 3.24. The second kappa shape index (κ2) is 6.74. The van der Waals surface area contributed by atoms with Gasteiger partial charge < -0.3 is 9.80 Å². The highest BCUT2D eigenvalue weighted by Crippen LogP contribution is 2.32. The van der Waals surface area contributed by atoms with E-state index < -0.39 is 10.0 Å². The molecule has 1 aliphatic heterocycles. The van der Waals surface area contributed by atoms with E-state index in [2.05, 4.69) is 0 Å². The highest BCUT2D eigenvalue weighted by Gasteiger charge is 2.28. The van der Waals surface area contributed by atoms with Crippen LogP contribution in [0.4, 0.5) is 11.4 Å². The first-order valence-corrected chi connectivity index (χ1v) is 9.80. The average Bonchev–Trinajstić information content (AvgIpc) is 3.04. The van der Waals surface area contributed by atoms with Gasteiger partial charge in [0, 0.05) is 51.7 Å². The minimum atomic E-state index is -3.48. The van der Waals surface area contributed by atoms with Gasteiger partial charge in [-0.2, -0.15) is 0 Å². The molecule has 0 bridgehead atoms. The van der Waals surface area contributed by atoms with Gasteiger partial charge in [-0.15, -0.1) is 0 Å². The van der Waals surface area contributed by atoms with Gasteiger partial charge in [0.25, 0.3) is 5.91 Å². The van der Waals surface area contributed by atoms with Crippen LogP contribution in [0, 0.1) is 0 Å². The second-order valence-corrected chi connectivity index (χ2v) is 8.88. The number of hydrogen-bond acceptors (Lipinski definition) is 4. The molecule has 0 aromatic heterocycles. The summed E-state index contributed by atoms with van der Waals surface area (Å²) in [6.07, 6.45) is 0.644. The van der Waals surface area contributed by atoms with E-state index in [-0.39, 0.29) is 10.8 Å². The van der Waals surface area contributed by atoms with Gasteiger partial charge in [-0.05, 0) is 48.4 Å². The largest absolute Gasteiger partial charge is 0.378 e. The van der Waals surface area contributed by atoms with E-state index in [0.29, 0.717) is 18.5 Å². The Balaban J connectivity index is 1.93. The first kappa shape index (κ1) is 18.4. The summed E-state index contributed by atoms with van der Waals surface area (Å²) >= 11 is 0. The van der Waals surface area contributed by atoms with E-state index in [4.69, 9.17) is 0 Å². The third kappa shape index (κ3) is 3.20. The van der Waals surface area contributed by atoms with Gasteiger partial charge >= 0.3 is 0 Å². The van der Waals surface area contributed by atoms with E-state index in [1.54, 1.807) is 29.2 Å². The maximum atomic E-state index is 13.0. The van der Waals surface area contributed by atoms with Crippen molar-refractivity contribution in [1.29, 1.82) is 0 Å². The van der Waals surface area contributed by atoms with Crippen molar-refractivity contribution in [3.8, 4) is 0 Å². The van der Waals surface area contributed by atoms with Crippen molar-refractivity contribution in [2.75, 3.05) is 44.5 Å². The van der Waals surface area contributed by atoms with Crippen LogP contribution in [0.3, 0.4) is 0 Å². The molecule has 6 nitrogen and oxygen atoms in total. The number of carbonyl (C=O) groups excluding carboxylic acids is 1. The summed E-state index contributed by atoms with van der Waals surface area (Å²) in [6.45, 7) is 0.547. The SMILES string of the molecule is CN(C)c1cccc(C(=O)N2CCc3cc(S(=O)(=O)N(C)C)ccc32)c1. The lowest BCUT2D eigenvalue weighted by atomic mass is 10.1. The molecule has 2 aromatic carbocycles. The highest BCUT2D eigenvalue weighted by molar-refractivity contribution is 7.89. The molecule has 7 heteroatoms. The Morgan fingerprint density at radius 3 is 2.42 bits per heavy atom. The van der Waals surface area contributed by atoms with Gasteiger partial charge in [-0.25, -0.2) is 12.7 Å². The number of anilines is 2. The third-order valence-electron chi connectivity index (χ3n) is 4.58. The maximum absolute atomic E-state index is 13.0. The van der Waals surface area contributed by atoms with Crippen LogP contribution in [-0.2, 0) is 16.4 Å². The molecule has 0 spiro atoms. The predicted molar refractivity (Wildman–Crippen MR) is 103 cm³/mol. The smallest absolute Gasteiger partial charge is 0.258 e. The van der Waals surface area contributed by atoms with Crippen LogP contribution < -0.4 is 9.80 Å². The maximum Gasteiger partial charge on any atom is 0.258 e. The summed E-state index contributed by atoms with van der Waals surface area (Å²) in [4.78, 5) is 16.9. The summed E-state index contributed by atoms with van der Waals surface area (Å²) in [5.74, 6) is -0.0735. The highest BCUT2D eigenvalue weighted by atomic mass is 32.2. The topological polar surface area (TPSA) is 60.9 Å². The zero-order valence-electron chi connectivity index (χ0n) is 15.4. The second-order valence-electron chi connectivity index (χ2n) is 6.73. The fourth-order valence-corrected chi connectivity index (χ4v) is 3.99. The lowest BCUT2D eigenvalue weighted by Crippen LogP contribution is -2.29. The Labute approximate surface area is 154 Å². The molecule has 1 heterocycles. The average molecular weight is 373 g/mol. The number of rotatable bonds is 4. The Bertz CT molecular complexity index is 952. The normalized spacial score (nSPS) is 13.8. The molecular formula is C19H23N3O3S. The van der Waals surface area contributed by atoms with E-state index in [0.717, 1.165) is 16.9 Å². The Morgan fingerprint density at radius 1 is 1.04 bits per heavy atom. The predicted octanol–water partition coefficient (Wildman–Crippen LogP) is 2.21. The lowest BCUT2D eigenvalue weighted by Gasteiger charge is -2.19. The zero-order chi connectivity index (χ0) is 19.1. The van der Waals surface area contributed by atoms with Gasteiger partial charge in [-0.1, -0.05) is 6.07 Å². The van der Waals surface area contributed by atoms with Crippen LogP contribution in [0.15, 0.2) is 47.4 Å². The van der Waals surface area contributed by atoms with Crippen LogP contribution in [0.25, 0.3) is 0 Å². The van der Waals surface area contributed by atoms with Crippen molar-refractivity contribution < 1.29 is 13.2 Å². The molecular weight excluding hydrogens is 350 g/mol. The fraction of sp³-hybridized carbons (Fsp3) is 0.316. The van der Waals surface area contributed by atoms with Gasteiger partial charge in [0.05, 0.1) is 4.90 Å². The molecule has 0 aliphatic carbocycles. The number of fused-ring (bicyclic) bond motifs is 1. The first-order valence-electron chi connectivity index (χ1n) is 8.36. The van der Waals surface area contributed by atoms with Gasteiger partial charge in [0.2, 0.25) is 10.0 Å². The standard InChI is InChI=1S/C19H23N3O3S/c1-20(2)16-7-5-6-15(12-16)19(23)22-11-10-14-13-17(8-9-18(14)22)26(24,25)21(3)4/h5-9,12-13H,10-11H2,1-4H3. The minimum absolute atomic E-state index is 0.0735. The van der Waals surface area contributed by atoms with Crippen molar-refractivity contribution in [1.82, 2.24) is 4.31 Å². The van der Waals surface area contributed by atoms with Gasteiger partial charge in [0.1, 0.15) is 0 Å². The van der Waals surface area contributed by atoms with Crippen molar-refractivity contribution in [2.45, 2.75) is 11.3 Å². The number of carbonyl (C=O) groups is 1. The van der Waals surface area contributed by atoms with Gasteiger partial charge in [-0.3, -0.25) is 4.79 Å². The monoisotopic (exact) mass is 373 g/mol. The van der Waals surface area contributed by atoms with Crippen LogP contribution in [0.5, 0.6) is 0 Å². The summed E-state index contributed by atoms with van der Waals surface area (Å²) in [5, 5.41) is 0. The Hall–Kier alpha value is -2.38. The zero-order valence-corrected chi connectivity index (χ0v) is 16.2. The molecule has 0 fully saturated rings. The number of amides is 1. The quantitative estimate of drug-likeness (QED) is 0.824. The lowest BCUT2D eigenvalue weighted by molar-refractivity contribution is 0.0989. The molecule has 3 rings (SSSR count). The molecule has 0 radical (unpaired) electrons. The van der Waals surface area contributed by atoms with Gasteiger partial charge in [0.15, 0.2) is 0 Å². The van der Waals surface area contributed by atoms with Crippen LogP contribution >= 0.6 is 0 Å². The molecule has 2 aromatic rings. The number of hydrogen-bond donors (Lipinski definition) is 0. The minimum Gasteiger partial charge on any atom is -0.378 e. The van der Waals surface area contributed by atoms with Crippen LogP contribution in [0.2, 0.25) is 0 Å². The first-order chi connectivity index (χ1) is 12.2. The molecule has 138 valence electrons. The molecule has 0 atom stereocenters. The number of nitrogens with zero attached hydrogens (tertiary/aromatic N) is 3. The Kier molecular flexibility index (Phi) is 4.77. The van der Waals surface area contributed by atoms with E-state index >= 15 is 0 Å². The third-order valence-corrected chi connectivity index (χ3v) is 6.39. The van der Waals surface area contributed by atoms with Crippen molar-refractivity contribution in [3.63, 3.8) is 0 Å².